The topological polar surface area (TPSA) is 72.3 Å². The lowest BCUT2D eigenvalue weighted by Gasteiger charge is -2.26. The number of carbonyl (C=O) groups excluding carboxylic acids is 1. The summed E-state index contributed by atoms with van der Waals surface area (Å²) >= 11 is 1.55. The average molecular weight is 506 g/mol. The first kappa shape index (κ1) is 24.4. The van der Waals surface area contributed by atoms with Gasteiger partial charge >= 0.3 is 0 Å². The molecule has 1 fully saturated rings. The summed E-state index contributed by atoms with van der Waals surface area (Å²) in [5, 5.41) is 3.82. The Morgan fingerprint density at radius 2 is 1.89 bits per heavy atom. The fourth-order valence-electron chi connectivity index (χ4n) is 4.16. The van der Waals surface area contributed by atoms with Crippen LogP contribution in [0.5, 0.6) is 0 Å². The molecule has 1 aliphatic heterocycles. The lowest BCUT2D eigenvalue weighted by atomic mass is 10.1. The molecular formula is C27H28FN5O2S. The highest BCUT2D eigenvalue weighted by molar-refractivity contribution is 7.98. The first-order chi connectivity index (χ1) is 17.7. The van der Waals surface area contributed by atoms with Crippen LogP contribution in [0.25, 0.3) is 11.2 Å². The number of aromatic nitrogens is 3. The first-order valence-corrected chi connectivity index (χ1v) is 13.0. The maximum atomic E-state index is 13.6. The summed E-state index contributed by atoms with van der Waals surface area (Å²) in [6.07, 6.45) is 1.76. The summed E-state index contributed by atoms with van der Waals surface area (Å²) in [7, 11) is 0. The number of pyridine rings is 1. The van der Waals surface area contributed by atoms with Crippen molar-refractivity contribution in [2.24, 2.45) is 0 Å². The number of halogens is 1. The van der Waals surface area contributed by atoms with E-state index in [4.69, 9.17) is 9.72 Å². The van der Waals surface area contributed by atoms with Gasteiger partial charge in [-0.25, -0.2) is 14.4 Å². The molecular weight excluding hydrogens is 477 g/mol. The van der Waals surface area contributed by atoms with E-state index in [-0.39, 0.29) is 11.7 Å². The fourth-order valence-corrected chi connectivity index (χ4v) is 5.11. The monoisotopic (exact) mass is 505 g/mol. The molecule has 0 radical (unpaired) electrons. The number of hydrogen-bond donors (Lipinski definition) is 1. The van der Waals surface area contributed by atoms with Crippen molar-refractivity contribution in [3.05, 3.63) is 89.4 Å². The molecule has 1 saturated heterocycles. The maximum absolute atomic E-state index is 13.6. The standard InChI is InChI=1S/C27H28FN5O2S/c28-23-4-1-3-21(17-23)19-36-27-31-24-5-2-10-29-25(24)33(27)18-20-6-8-22(9-7-20)26(34)30-11-12-32-13-15-35-16-14-32/h1-10,17H,11-16,18-19H2,(H,30,34). The molecule has 0 atom stereocenters. The quantitative estimate of drug-likeness (QED) is 0.347. The number of nitrogens with zero attached hydrogens (tertiary/aromatic N) is 4. The van der Waals surface area contributed by atoms with Crippen LogP contribution in [0.4, 0.5) is 4.39 Å². The number of nitrogens with one attached hydrogen (secondary N) is 1. The van der Waals surface area contributed by atoms with Crippen LogP contribution in [0.1, 0.15) is 21.5 Å². The van der Waals surface area contributed by atoms with Crippen molar-refractivity contribution in [2.45, 2.75) is 17.5 Å². The minimum absolute atomic E-state index is 0.0732. The molecule has 0 bridgehead atoms. The summed E-state index contributed by atoms with van der Waals surface area (Å²) in [6, 6.07) is 18.1. The van der Waals surface area contributed by atoms with Crippen molar-refractivity contribution >= 4 is 28.8 Å². The van der Waals surface area contributed by atoms with Gasteiger partial charge in [0.15, 0.2) is 10.8 Å². The Hall–Kier alpha value is -3.27. The van der Waals surface area contributed by atoms with Gasteiger partial charge in [0.1, 0.15) is 11.3 Å². The molecule has 5 rings (SSSR count). The molecule has 2 aromatic carbocycles. The SMILES string of the molecule is O=C(NCCN1CCOCC1)c1ccc(Cn2c(SCc3cccc(F)c3)nc3cccnc32)cc1. The van der Waals surface area contributed by atoms with E-state index in [0.717, 1.165) is 60.3 Å². The third kappa shape index (κ3) is 6.10. The van der Waals surface area contributed by atoms with Crippen LogP contribution in [-0.4, -0.2) is 64.7 Å². The van der Waals surface area contributed by atoms with Gasteiger partial charge in [0, 0.05) is 43.7 Å². The molecule has 4 aromatic rings. The highest BCUT2D eigenvalue weighted by Crippen LogP contribution is 2.27. The molecule has 0 unspecified atom stereocenters. The minimum Gasteiger partial charge on any atom is -0.379 e. The number of amides is 1. The number of carbonyl (C=O) groups is 1. The smallest absolute Gasteiger partial charge is 0.251 e. The summed E-state index contributed by atoms with van der Waals surface area (Å²) in [6.45, 7) is 5.32. The van der Waals surface area contributed by atoms with Crippen molar-refractivity contribution in [2.75, 3.05) is 39.4 Å². The number of morpholine rings is 1. The van der Waals surface area contributed by atoms with E-state index in [2.05, 4.69) is 19.8 Å². The minimum atomic E-state index is -0.242. The van der Waals surface area contributed by atoms with Crippen LogP contribution < -0.4 is 5.32 Å². The van der Waals surface area contributed by atoms with E-state index in [9.17, 15) is 9.18 Å². The normalized spacial score (nSPS) is 14.2. The summed E-state index contributed by atoms with van der Waals surface area (Å²) in [4.78, 5) is 24.2. The molecule has 3 heterocycles. The van der Waals surface area contributed by atoms with Crippen LogP contribution in [0, 0.1) is 5.82 Å². The Bertz CT molecular complexity index is 1320. The molecule has 1 amide bonds. The van der Waals surface area contributed by atoms with Crippen LogP contribution in [0.3, 0.4) is 0 Å². The molecule has 9 heteroatoms. The van der Waals surface area contributed by atoms with Gasteiger partial charge in [-0.1, -0.05) is 36.0 Å². The van der Waals surface area contributed by atoms with E-state index in [1.165, 1.54) is 6.07 Å². The Balaban J connectivity index is 1.24. The van der Waals surface area contributed by atoms with Crippen LogP contribution in [-0.2, 0) is 17.0 Å². The van der Waals surface area contributed by atoms with E-state index in [0.29, 0.717) is 24.4 Å². The van der Waals surface area contributed by atoms with Gasteiger partial charge in [-0.3, -0.25) is 14.3 Å². The summed E-state index contributed by atoms with van der Waals surface area (Å²) in [5.41, 5.74) is 4.18. The van der Waals surface area contributed by atoms with E-state index < -0.39 is 0 Å². The fraction of sp³-hybridized carbons (Fsp3) is 0.296. The highest BCUT2D eigenvalue weighted by atomic mass is 32.2. The van der Waals surface area contributed by atoms with Crippen molar-refractivity contribution in [1.82, 2.24) is 24.8 Å². The number of benzene rings is 2. The van der Waals surface area contributed by atoms with Crippen LogP contribution >= 0.6 is 11.8 Å². The Morgan fingerprint density at radius 1 is 1.06 bits per heavy atom. The number of ether oxygens (including phenoxy) is 1. The van der Waals surface area contributed by atoms with Gasteiger partial charge < -0.3 is 10.1 Å². The van der Waals surface area contributed by atoms with E-state index >= 15 is 0 Å². The second kappa shape index (κ2) is 11.6. The number of hydrogen-bond acceptors (Lipinski definition) is 6. The zero-order chi connectivity index (χ0) is 24.7. The second-order valence-electron chi connectivity index (χ2n) is 8.65. The molecule has 0 aliphatic carbocycles. The molecule has 36 heavy (non-hydrogen) atoms. The Labute approximate surface area is 213 Å². The third-order valence-corrected chi connectivity index (χ3v) is 7.15. The van der Waals surface area contributed by atoms with Crippen molar-refractivity contribution in [3.63, 3.8) is 0 Å². The maximum Gasteiger partial charge on any atom is 0.251 e. The first-order valence-electron chi connectivity index (χ1n) is 12.0. The Kier molecular flexibility index (Phi) is 7.90. The van der Waals surface area contributed by atoms with Gasteiger partial charge in [0.2, 0.25) is 0 Å². The van der Waals surface area contributed by atoms with Gasteiger partial charge in [0.05, 0.1) is 19.8 Å². The van der Waals surface area contributed by atoms with Crippen LogP contribution in [0.2, 0.25) is 0 Å². The highest BCUT2D eigenvalue weighted by Gasteiger charge is 2.14. The molecule has 0 spiro atoms. The van der Waals surface area contributed by atoms with Crippen molar-refractivity contribution < 1.29 is 13.9 Å². The van der Waals surface area contributed by atoms with Gasteiger partial charge in [0.25, 0.3) is 5.91 Å². The lowest BCUT2D eigenvalue weighted by molar-refractivity contribution is 0.0383. The third-order valence-electron chi connectivity index (χ3n) is 6.10. The van der Waals surface area contributed by atoms with Crippen molar-refractivity contribution in [1.29, 1.82) is 0 Å². The molecule has 2 aromatic heterocycles. The molecule has 7 nitrogen and oxygen atoms in total. The molecule has 0 saturated carbocycles. The van der Waals surface area contributed by atoms with Crippen molar-refractivity contribution in [3.8, 4) is 0 Å². The number of imidazole rings is 1. The van der Waals surface area contributed by atoms with E-state index in [1.54, 1.807) is 30.1 Å². The zero-order valence-corrected chi connectivity index (χ0v) is 20.7. The average Bonchev–Trinajstić information content (AvgIpc) is 3.25. The van der Waals surface area contributed by atoms with Gasteiger partial charge in [-0.15, -0.1) is 0 Å². The second-order valence-corrected chi connectivity index (χ2v) is 9.59. The van der Waals surface area contributed by atoms with Gasteiger partial charge in [-0.05, 0) is 47.5 Å². The number of thioether (sulfide) groups is 1. The lowest BCUT2D eigenvalue weighted by Crippen LogP contribution is -2.41. The summed E-state index contributed by atoms with van der Waals surface area (Å²) < 4.78 is 21.0. The molecule has 1 aliphatic rings. The number of fused-ring (bicyclic) bond motifs is 1. The Morgan fingerprint density at radius 3 is 2.69 bits per heavy atom. The van der Waals surface area contributed by atoms with Gasteiger partial charge in [-0.2, -0.15) is 0 Å². The molecule has 186 valence electrons. The van der Waals surface area contributed by atoms with E-state index in [1.807, 2.05) is 42.5 Å². The van der Waals surface area contributed by atoms with Crippen LogP contribution in [0.15, 0.2) is 72.0 Å². The number of rotatable bonds is 9. The largest absolute Gasteiger partial charge is 0.379 e. The summed E-state index contributed by atoms with van der Waals surface area (Å²) in [5.74, 6) is 0.286. The zero-order valence-electron chi connectivity index (χ0n) is 19.9. The predicted molar refractivity (Wildman–Crippen MR) is 139 cm³/mol. The predicted octanol–water partition coefficient (Wildman–Crippen LogP) is 3.97. The molecule has 1 N–H and O–H groups in total.